The van der Waals surface area contributed by atoms with Gasteiger partial charge in [-0.25, -0.2) is 0 Å². The van der Waals surface area contributed by atoms with E-state index in [4.69, 9.17) is 46.3 Å². The lowest BCUT2D eigenvalue weighted by atomic mass is 10.2. The second kappa shape index (κ2) is 21.7. The van der Waals surface area contributed by atoms with Crippen LogP contribution in [0.1, 0.15) is 125 Å². The highest BCUT2D eigenvalue weighted by Gasteiger charge is 2.57. The maximum atomic E-state index is 15.5. The fourth-order valence-corrected chi connectivity index (χ4v) is 11.3. The molecule has 0 aliphatic carbocycles. The molecule has 0 radical (unpaired) electrons. The van der Waals surface area contributed by atoms with Gasteiger partial charge in [0, 0.05) is 36.4 Å². The van der Waals surface area contributed by atoms with E-state index in [0.29, 0.717) is 0 Å². The largest absolute Gasteiger partial charge is 0.524 e. The van der Waals surface area contributed by atoms with Gasteiger partial charge in [0.15, 0.2) is 0 Å². The van der Waals surface area contributed by atoms with Crippen molar-refractivity contribution in [2.24, 2.45) is 0 Å². The van der Waals surface area contributed by atoms with Crippen molar-refractivity contribution >= 4 is 20.4 Å². The number of ether oxygens (including phenoxy) is 9. The summed E-state index contributed by atoms with van der Waals surface area (Å²) >= 11 is 0. The third-order valence-corrected chi connectivity index (χ3v) is 12.6. The predicted molar refractivity (Wildman–Crippen MR) is 240 cm³/mol. The summed E-state index contributed by atoms with van der Waals surface area (Å²) in [5.74, 6) is -0.155. The predicted octanol–water partition coefficient (Wildman–Crippen LogP) is 12.8. The molecule has 0 aliphatic rings. The van der Waals surface area contributed by atoms with Crippen LogP contribution in [-0.4, -0.2) is 68.9 Å². The third-order valence-electron chi connectivity index (χ3n) is 7.61. The zero-order chi connectivity index (χ0) is 47.9. The molecule has 0 atom stereocenters. The van der Waals surface area contributed by atoms with Gasteiger partial charge in [-0.05, 0) is 135 Å². The Morgan fingerprint density at radius 2 is 0.524 bits per heavy atom. The highest BCUT2D eigenvalue weighted by molar-refractivity contribution is 8.33. The molecule has 0 saturated carbocycles. The summed E-state index contributed by atoms with van der Waals surface area (Å²) < 4.78 is 139. The zero-order valence-electron chi connectivity index (χ0n) is 40.0. The number of hydrogen-bond donors (Lipinski definition) is 0. The number of benzene rings is 3. The summed E-state index contributed by atoms with van der Waals surface area (Å²) in [5, 5.41) is 0. The lowest BCUT2D eigenvalue weighted by Gasteiger charge is -2.44. The number of hydrogen-bond acceptors (Lipinski definition) is 12. The van der Waals surface area contributed by atoms with Gasteiger partial charge in [0.05, 0.1) is 54.9 Å². The summed E-state index contributed by atoms with van der Waals surface area (Å²) in [6, 6.07) is 8.82. The molecule has 3 aromatic rings. The molecule has 358 valence electrons. The number of alkyl halides is 3. The van der Waals surface area contributed by atoms with Crippen molar-refractivity contribution in [1.82, 2.24) is 0 Å². The van der Waals surface area contributed by atoms with Crippen LogP contribution in [0.15, 0.2) is 51.1 Å². The van der Waals surface area contributed by atoms with Crippen molar-refractivity contribution in [2.45, 2.75) is 200 Å². The zero-order valence-corrected chi connectivity index (χ0v) is 41.6. The molecule has 0 unspecified atom stereocenters. The summed E-state index contributed by atoms with van der Waals surface area (Å²) in [5.41, 5.74) is -5.98. The van der Waals surface area contributed by atoms with Gasteiger partial charge in [-0.2, -0.15) is 25.2 Å². The third kappa shape index (κ3) is 14.2. The van der Waals surface area contributed by atoms with E-state index in [9.17, 15) is 8.42 Å². The smallest absolute Gasteiger partial charge is 0.491 e. The Balaban J connectivity index is 3.18. The van der Waals surface area contributed by atoms with Crippen LogP contribution in [0.25, 0.3) is 0 Å². The van der Waals surface area contributed by atoms with Gasteiger partial charge < -0.3 is 42.6 Å². The Hall–Kier alpha value is -4.09. The van der Waals surface area contributed by atoms with Crippen molar-refractivity contribution < 1.29 is 67.9 Å². The topological polar surface area (TPSA) is 126 Å². The van der Waals surface area contributed by atoms with Gasteiger partial charge in [-0.15, -0.1) is 0 Å². The van der Waals surface area contributed by atoms with Crippen LogP contribution in [-0.2, 0) is 13.7 Å². The van der Waals surface area contributed by atoms with E-state index in [0.717, 1.165) is 0 Å². The molecule has 0 N–H and O–H groups in total. The Morgan fingerprint density at radius 3 is 0.667 bits per heavy atom. The summed E-state index contributed by atoms with van der Waals surface area (Å²) in [7, 11) is -11.3. The molecular weight excluding hydrogens is 866 g/mol. The summed E-state index contributed by atoms with van der Waals surface area (Å²) in [6.45, 7) is 31.3. The molecule has 0 amide bonds. The van der Waals surface area contributed by atoms with Crippen LogP contribution >= 0.6 is 10.3 Å². The quantitative estimate of drug-likeness (QED) is 0.0840. The summed E-state index contributed by atoms with van der Waals surface area (Å²) in [4.78, 5) is -0.769. The first-order valence-electron chi connectivity index (χ1n) is 21.4. The van der Waals surface area contributed by atoms with E-state index in [1.165, 1.54) is 36.4 Å². The lowest BCUT2D eigenvalue weighted by Crippen LogP contribution is -2.29. The van der Waals surface area contributed by atoms with E-state index >= 15 is 13.2 Å². The second-order valence-electron chi connectivity index (χ2n) is 17.3. The van der Waals surface area contributed by atoms with Gasteiger partial charge in [0.1, 0.15) is 66.4 Å². The minimum absolute atomic E-state index is 0.131. The molecule has 12 nitrogen and oxygen atoms in total. The van der Waals surface area contributed by atoms with Crippen LogP contribution < -0.4 is 42.6 Å². The van der Waals surface area contributed by atoms with Crippen LogP contribution in [0.4, 0.5) is 13.2 Å². The maximum Gasteiger partial charge on any atom is 0.524 e. The van der Waals surface area contributed by atoms with Gasteiger partial charge in [0.2, 0.25) is 0 Å². The van der Waals surface area contributed by atoms with Gasteiger partial charge in [0.25, 0.3) is 0 Å². The summed E-state index contributed by atoms with van der Waals surface area (Å²) in [6.07, 6.45) is -5.07. The second-order valence-corrected chi connectivity index (χ2v) is 21.5. The van der Waals surface area contributed by atoms with E-state index < -0.39 is 62.6 Å². The Morgan fingerprint density at radius 1 is 0.349 bits per heavy atom. The Kier molecular flexibility index (Phi) is 18.4. The fourth-order valence-electron chi connectivity index (χ4n) is 6.16. The maximum absolute atomic E-state index is 15.5. The van der Waals surface area contributed by atoms with Crippen molar-refractivity contribution in [3.05, 3.63) is 36.4 Å². The van der Waals surface area contributed by atoms with Crippen LogP contribution in [0.3, 0.4) is 0 Å². The molecule has 3 rings (SSSR count). The van der Waals surface area contributed by atoms with E-state index in [1.54, 1.807) is 125 Å². The highest BCUT2D eigenvalue weighted by Crippen LogP contribution is 2.81. The van der Waals surface area contributed by atoms with Gasteiger partial charge in [-0.3, -0.25) is 0 Å². The minimum atomic E-state index is -6.65. The first-order chi connectivity index (χ1) is 29.0. The minimum Gasteiger partial charge on any atom is -0.491 e. The average Bonchev–Trinajstić information content (AvgIpc) is 3.04. The van der Waals surface area contributed by atoms with E-state index in [-0.39, 0.29) is 84.7 Å². The number of rotatable bonds is 23. The SMILES string of the molecule is CC(C)Oc1cc(OC(C)C)c(S(OS(=O)(=O)C(F)(F)F)(c2c(OC(C)C)cc(OC(C)C)cc2OC(C)C)c2c(OC(C)C)cc(OC(C)C)cc2OC(C)C)c(OC(C)C)c1. The average molecular weight is 935 g/mol. The van der Waals surface area contributed by atoms with Crippen LogP contribution in [0.5, 0.6) is 51.7 Å². The molecule has 0 fully saturated rings. The monoisotopic (exact) mass is 934 g/mol. The normalized spacial score (nSPS) is 13.0. The molecule has 0 aliphatic heterocycles. The molecule has 17 heteroatoms. The first-order valence-corrected chi connectivity index (χ1v) is 24.3. The lowest BCUT2D eigenvalue weighted by molar-refractivity contribution is -0.0497. The van der Waals surface area contributed by atoms with Gasteiger partial charge in [-0.1, -0.05) is 0 Å². The fraction of sp³-hybridized carbons (Fsp3) is 0.609. The van der Waals surface area contributed by atoms with Crippen molar-refractivity contribution in [3.63, 3.8) is 0 Å². The van der Waals surface area contributed by atoms with Crippen molar-refractivity contribution in [3.8, 4) is 51.7 Å². The van der Waals surface area contributed by atoms with Gasteiger partial charge >= 0.3 is 15.6 Å². The standard InChI is InChI=1S/C46H69F3O12S2/c1-25(2)52-34-19-37(55-28(7)8)43(38(20-34)56-29(9)10)62(61-63(50,51)46(47,48)49,44-39(57-30(11)12)21-35(53-26(3)4)22-40(44)58-31(13)14)45-41(59-32(15)16)23-36(54-27(5)6)24-42(45)60-33(17)18/h19-33H,1-18H3. The Labute approximate surface area is 374 Å². The van der Waals surface area contributed by atoms with E-state index in [1.807, 2.05) is 0 Å². The van der Waals surface area contributed by atoms with Crippen molar-refractivity contribution in [1.29, 1.82) is 0 Å². The Bertz CT molecular complexity index is 1790. The number of halogens is 3. The van der Waals surface area contributed by atoms with Crippen molar-refractivity contribution in [2.75, 3.05) is 0 Å². The molecule has 0 heterocycles. The molecule has 3 aromatic carbocycles. The molecule has 0 spiro atoms. The molecule has 0 bridgehead atoms. The molecule has 0 aromatic heterocycles. The molecular formula is C46H69F3O12S2. The van der Waals surface area contributed by atoms with Crippen LogP contribution in [0, 0.1) is 0 Å². The first kappa shape index (κ1) is 53.2. The highest BCUT2D eigenvalue weighted by atomic mass is 32.3. The van der Waals surface area contributed by atoms with Crippen LogP contribution in [0.2, 0.25) is 0 Å². The van der Waals surface area contributed by atoms with E-state index in [2.05, 4.69) is 0 Å². The molecule has 0 saturated heterocycles. The molecule has 63 heavy (non-hydrogen) atoms.